The molecular weight excluding hydrogens is 387 g/mol. The van der Waals surface area contributed by atoms with Crippen LogP contribution in [0.3, 0.4) is 0 Å². The van der Waals surface area contributed by atoms with Crippen LogP contribution in [0.4, 0.5) is 13.2 Å². The summed E-state index contributed by atoms with van der Waals surface area (Å²) in [5.74, 6) is -0.0145. The highest BCUT2D eigenvalue weighted by Crippen LogP contribution is 2.65. The second-order valence-corrected chi connectivity index (χ2v) is 7.89. The molecule has 0 N–H and O–H groups in total. The first kappa shape index (κ1) is 20.3. The zero-order chi connectivity index (χ0) is 20.5. The van der Waals surface area contributed by atoms with E-state index in [-0.39, 0.29) is 5.92 Å². The third kappa shape index (κ3) is 4.18. The molecule has 3 rings (SSSR count). The Morgan fingerprint density at radius 2 is 1.79 bits per heavy atom. The quantitative estimate of drug-likeness (QED) is 0.534. The normalized spacial score (nSPS) is 22.2. The van der Waals surface area contributed by atoms with E-state index >= 15 is 0 Å². The van der Waals surface area contributed by atoms with E-state index in [9.17, 15) is 18.4 Å². The number of halogens is 4. The second kappa shape index (κ2) is 7.52. The van der Waals surface area contributed by atoms with Crippen LogP contribution in [-0.4, -0.2) is 6.18 Å². The summed E-state index contributed by atoms with van der Waals surface area (Å²) in [6, 6.07) is 18.6. The van der Waals surface area contributed by atoms with Gasteiger partial charge in [0, 0.05) is 0 Å². The second-order valence-electron chi connectivity index (χ2n) is 7.48. The Hall–Kier alpha value is -2.45. The van der Waals surface area contributed by atoms with Gasteiger partial charge in [-0.2, -0.15) is 18.4 Å². The summed E-state index contributed by atoms with van der Waals surface area (Å²) in [5, 5.41) is 8.61. The van der Waals surface area contributed by atoms with E-state index in [0.29, 0.717) is 17.1 Å². The smallest absolute Gasteiger partial charge is 0.426 e. The van der Waals surface area contributed by atoms with Gasteiger partial charge in [-0.05, 0) is 47.1 Å². The number of benzene rings is 2. The topological polar surface area (TPSA) is 33.0 Å². The van der Waals surface area contributed by atoms with E-state index in [1.807, 2.05) is 44.2 Å². The monoisotopic (exact) mass is 405 g/mol. The van der Waals surface area contributed by atoms with E-state index in [2.05, 4.69) is 6.07 Å². The Bertz CT molecular complexity index is 915. The van der Waals surface area contributed by atoms with Gasteiger partial charge in [0.25, 0.3) is 0 Å². The van der Waals surface area contributed by atoms with Gasteiger partial charge in [-0.3, -0.25) is 0 Å². The molecule has 0 aromatic heterocycles. The van der Waals surface area contributed by atoms with Gasteiger partial charge in [-0.1, -0.05) is 61.9 Å². The van der Waals surface area contributed by atoms with Crippen molar-refractivity contribution in [3.8, 4) is 17.6 Å². The van der Waals surface area contributed by atoms with Gasteiger partial charge in [0.2, 0.25) is 0 Å². The highest BCUT2D eigenvalue weighted by molar-refractivity contribution is 6.30. The van der Waals surface area contributed by atoms with Crippen LogP contribution in [0.5, 0.6) is 11.5 Å². The molecule has 146 valence electrons. The van der Waals surface area contributed by atoms with Crippen molar-refractivity contribution in [2.24, 2.45) is 17.3 Å². The van der Waals surface area contributed by atoms with Crippen molar-refractivity contribution in [3.63, 3.8) is 0 Å². The zero-order valence-electron chi connectivity index (χ0n) is 15.4. The molecule has 2 aromatic rings. The lowest BCUT2D eigenvalue weighted by Gasteiger charge is -2.13. The Labute approximate surface area is 167 Å². The highest BCUT2D eigenvalue weighted by Gasteiger charge is 2.60. The molecule has 28 heavy (non-hydrogen) atoms. The molecular formula is C22H19ClF3NO. The first-order valence-electron chi connectivity index (χ1n) is 8.81. The van der Waals surface area contributed by atoms with Crippen molar-refractivity contribution < 1.29 is 17.9 Å². The minimum atomic E-state index is -4.57. The van der Waals surface area contributed by atoms with Crippen LogP contribution in [0, 0.1) is 28.6 Å². The van der Waals surface area contributed by atoms with Crippen LogP contribution in [0.2, 0.25) is 0 Å². The fourth-order valence-corrected chi connectivity index (χ4v) is 3.82. The lowest BCUT2D eigenvalue weighted by molar-refractivity contribution is -0.0848. The van der Waals surface area contributed by atoms with Gasteiger partial charge in [0.15, 0.2) is 0 Å². The molecule has 1 fully saturated rings. The first-order chi connectivity index (χ1) is 13.1. The predicted molar refractivity (Wildman–Crippen MR) is 102 cm³/mol. The Kier molecular flexibility index (Phi) is 5.45. The van der Waals surface area contributed by atoms with Gasteiger partial charge in [-0.15, -0.1) is 0 Å². The molecule has 1 aliphatic carbocycles. The standard InChI is InChI=1S/C22H19ClF3NO/c1-21(2)18(12-19(23)22(24,25)26)20(21)17(13-27)14-7-6-10-16(11-14)28-15-8-4-3-5-9-15/h3-12,17-18,20H,1-2H3/t17-,18-,20+/m0/s1. The largest absolute Gasteiger partial charge is 0.457 e. The van der Waals surface area contributed by atoms with Crippen molar-refractivity contribution in [1.82, 2.24) is 0 Å². The van der Waals surface area contributed by atoms with E-state index in [4.69, 9.17) is 16.3 Å². The molecule has 0 bridgehead atoms. The number of hydrogen-bond acceptors (Lipinski definition) is 2. The number of para-hydroxylation sites is 1. The summed E-state index contributed by atoms with van der Waals surface area (Å²) in [5.41, 5.74) is 0.260. The van der Waals surface area contributed by atoms with Crippen molar-refractivity contribution in [3.05, 3.63) is 71.3 Å². The fraction of sp³-hybridized carbons (Fsp3) is 0.318. The Morgan fingerprint density at radius 3 is 2.39 bits per heavy atom. The third-order valence-corrected chi connectivity index (χ3v) is 5.63. The molecule has 3 atom stereocenters. The maximum atomic E-state index is 12.8. The Morgan fingerprint density at radius 1 is 1.14 bits per heavy atom. The summed E-state index contributed by atoms with van der Waals surface area (Å²) in [7, 11) is 0. The van der Waals surface area contributed by atoms with Crippen LogP contribution in [0.1, 0.15) is 25.3 Å². The van der Waals surface area contributed by atoms with Gasteiger partial charge in [0.1, 0.15) is 16.5 Å². The molecule has 0 amide bonds. The van der Waals surface area contributed by atoms with Crippen LogP contribution >= 0.6 is 11.6 Å². The molecule has 2 nitrogen and oxygen atoms in total. The molecule has 0 aliphatic heterocycles. The van der Waals surface area contributed by atoms with E-state index in [0.717, 1.165) is 6.08 Å². The van der Waals surface area contributed by atoms with E-state index in [1.165, 1.54) is 0 Å². The summed E-state index contributed by atoms with van der Waals surface area (Å²) < 4.78 is 44.2. The SMILES string of the molecule is CC1(C)[C@H]([C@@H](C#N)c2cccc(Oc3ccccc3)c2)[C@@H]1C=C(Cl)C(F)(F)F. The first-order valence-corrected chi connectivity index (χ1v) is 9.19. The molecule has 1 aliphatic rings. The van der Waals surface area contributed by atoms with Gasteiger partial charge < -0.3 is 4.74 Å². The average molecular weight is 406 g/mol. The zero-order valence-corrected chi connectivity index (χ0v) is 16.1. The molecule has 1 saturated carbocycles. The van der Waals surface area contributed by atoms with Crippen LogP contribution in [0.15, 0.2) is 65.7 Å². The number of nitriles is 1. The Balaban J connectivity index is 1.84. The molecule has 0 radical (unpaired) electrons. The van der Waals surface area contributed by atoms with Gasteiger partial charge in [-0.25, -0.2) is 0 Å². The van der Waals surface area contributed by atoms with Gasteiger partial charge >= 0.3 is 6.18 Å². The fourth-order valence-electron chi connectivity index (χ4n) is 3.68. The molecule has 2 aromatic carbocycles. The molecule has 0 heterocycles. The maximum absolute atomic E-state index is 12.8. The van der Waals surface area contributed by atoms with Crippen molar-refractivity contribution >= 4 is 11.6 Å². The summed E-state index contributed by atoms with van der Waals surface area (Å²) in [4.78, 5) is 0. The van der Waals surface area contributed by atoms with Gasteiger partial charge in [0.05, 0.1) is 12.0 Å². The van der Waals surface area contributed by atoms with Crippen LogP contribution in [0.25, 0.3) is 0 Å². The lowest BCUT2D eigenvalue weighted by atomic mass is 9.91. The number of ether oxygens (including phenoxy) is 1. The number of allylic oxidation sites excluding steroid dienone is 2. The number of hydrogen-bond donors (Lipinski definition) is 0. The lowest BCUT2D eigenvalue weighted by Crippen LogP contribution is -2.07. The predicted octanol–water partition coefficient (Wildman–Crippen LogP) is 7.04. The van der Waals surface area contributed by atoms with Crippen molar-refractivity contribution in [2.75, 3.05) is 0 Å². The van der Waals surface area contributed by atoms with Crippen molar-refractivity contribution in [2.45, 2.75) is 25.9 Å². The summed E-state index contributed by atoms with van der Waals surface area (Å²) >= 11 is 5.43. The molecule has 0 spiro atoms. The molecule has 0 unspecified atom stereocenters. The number of rotatable bonds is 5. The highest BCUT2D eigenvalue weighted by atomic mass is 35.5. The van der Waals surface area contributed by atoms with E-state index in [1.54, 1.807) is 24.3 Å². The molecule has 0 saturated heterocycles. The third-order valence-electron chi connectivity index (χ3n) is 5.29. The maximum Gasteiger partial charge on any atom is 0.426 e. The van der Waals surface area contributed by atoms with E-state index < -0.39 is 28.5 Å². The minimum absolute atomic E-state index is 0.263. The summed E-state index contributed by atoms with van der Waals surface area (Å²) in [6.07, 6.45) is -3.53. The number of alkyl halides is 3. The van der Waals surface area contributed by atoms with Crippen LogP contribution in [-0.2, 0) is 0 Å². The van der Waals surface area contributed by atoms with Crippen molar-refractivity contribution in [1.29, 1.82) is 5.26 Å². The average Bonchev–Trinajstić information content (AvgIpc) is 3.16. The van der Waals surface area contributed by atoms with Crippen LogP contribution < -0.4 is 4.74 Å². The summed E-state index contributed by atoms with van der Waals surface area (Å²) in [6.45, 7) is 3.71. The molecule has 6 heteroatoms. The number of nitrogens with zero attached hydrogens (tertiary/aromatic N) is 1. The minimum Gasteiger partial charge on any atom is -0.457 e.